The van der Waals surface area contributed by atoms with Crippen molar-refractivity contribution in [2.75, 3.05) is 13.2 Å². The lowest BCUT2D eigenvalue weighted by Crippen LogP contribution is -2.41. The van der Waals surface area contributed by atoms with Crippen LogP contribution in [0.3, 0.4) is 0 Å². The molecule has 1 amide bonds. The van der Waals surface area contributed by atoms with Gasteiger partial charge in [-0.1, -0.05) is 27.7 Å². The highest BCUT2D eigenvalue weighted by Gasteiger charge is 2.68. The highest BCUT2D eigenvalue weighted by atomic mass is 16.3. The molecular weight excluding hydrogens is 194 g/mol. The van der Waals surface area contributed by atoms with E-state index < -0.39 is 6.04 Å². The second-order valence-electron chi connectivity index (χ2n) is 5.45. The highest BCUT2D eigenvalue weighted by molar-refractivity contribution is 5.84. The van der Waals surface area contributed by atoms with Crippen LogP contribution < -0.4 is 5.32 Å². The van der Waals surface area contributed by atoms with Gasteiger partial charge in [0, 0.05) is 5.92 Å². The molecule has 88 valence electrons. The number of carbonyl (C=O) groups is 1. The standard InChI is InChI=1S/C11H21NO3/c1-10(2)8(11(10,3)4)9(15)12-7(5-13)6-14/h7-8,13-14H,5-6H2,1-4H3,(H,12,15). The SMILES string of the molecule is CC1(C)C(C(=O)NC(CO)CO)C1(C)C. The number of rotatable bonds is 4. The van der Waals surface area contributed by atoms with Crippen LogP contribution in [0.2, 0.25) is 0 Å². The van der Waals surface area contributed by atoms with Gasteiger partial charge >= 0.3 is 0 Å². The molecule has 3 N–H and O–H groups in total. The van der Waals surface area contributed by atoms with Crippen LogP contribution in [0, 0.1) is 16.7 Å². The summed E-state index contributed by atoms with van der Waals surface area (Å²) in [4.78, 5) is 11.8. The van der Waals surface area contributed by atoms with Crippen LogP contribution in [0.5, 0.6) is 0 Å². The maximum absolute atomic E-state index is 11.8. The number of amides is 1. The van der Waals surface area contributed by atoms with Gasteiger partial charge in [0.25, 0.3) is 0 Å². The largest absolute Gasteiger partial charge is 0.394 e. The summed E-state index contributed by atoms with van der Waals surface area (Å²) in [6.45, 7) is 7.79. The van der Waals surface area contributed by atoms with Crippen molar-refractivity contribution in [1.29, 1.82) is 0 Å². The Kier molecular flexibility index (Phi) is 3.12. The zero-order valence-corrected chi connectivity index (χ0v) is 9.87. The number of aliphatic hydroxyl groups excluding tert-OH is 2. The van der Waals surface area contributed by atoms with Crippen molar-refractivity contribution < 1.29 is 15.0 Å². The Balaban J connectivity index is 2.58. The quantitative estimate of drug-likeness (QED) is 0.624. The second-order valence-corrected chi connectivity index (χ2v) is 5.45. The smallest absolute Gasteiger partial charge is 0.224 e. The summed E-state index contributed by atoms with van der Waals surface area (Å²) in [6.07, 6.45) is 0. The van der Waals surface area contributed by atoms with Gasteiger partial charge in [0.15, 0.2) is 0 Å². The van der Waals surface area contributed by atoms with Gasteiger partial charge in [-0.3, -0.25) is 4.79 Å². The molecular formula is C11H21NO3. The minimum Gasteiger partial charge on any atom is -0.394 e. The summed E-state index contributed by atoms with van der Waals surface area (Å²) >= 11 is 0. The summed E-state index contributed by atoms with van der Waals surface area (Å²) in [5, 5.41) is 20.4. The van der Waals surface area contributed by atoms with E-state index in [0.717, 1.165) is 0 Å². The number of carbonyl (C=O) groups excluding carboxylic acids is 1. The zero-order valence-electron chi connectivity index (χ0n) is 9.87. The predicted octanol–water partition coefficient (Wildman–Crippen LogP) is 0.138. The van der Waals surface area contributed by atoms with Crippen molar-refractivity contribution in [3.8, 4) is 0 Å². The van der Waals surface area contributed by atoms with Crippen LogP contribution in [-0.4, -0.2) is 35.4 Å². The van der Waals surface area contributed by atoms with Crippen LogP contribution in [0.25, 0.3) is 0 Å². The normalized spacial score (nSPS) is 22.9. The van der Waals surface area contributed by atoms with E-state index in [4.69, 9.17) is 10.2 Å². The highest BCUT2D eigenvalue weighted by Crippen LogP contribution is 2.68. The average Bonchev–Trinajstić information content (AvgIpc) is 2.53. The molecule has 0 aromatic carbocycles. The van der Waals surface area contributed by atoms with Gasteiger partial charge in [-0.2, -0.15) is 0 Å². The van der Waals surface area contributed by atoms with E-state index in [1.165, 1.54) is 0 Å². The van der Waals surface area contributed by atoms with Gasteiger partial charge in [-0.05, 0) is 10.8 Å². The van der Waals surface area contributed by atoms with Crippen LogP contribution >= 0.6 is 0 Å². The fraction of sp³-hybridized carbons (Fsp3) is 0.909. The van der Waals surface area contributed by atoms with Gasteiger partial charge in [-0.15, -0.1) is 0 Å². The van der Waals surface area contributed by atoms with E-state index in [-0.39, 0.29) is 35.9 Å². The predicted molar refractivity (Wildman–Crippen MR) is 57.2 cm³/mol. The van der Waals surface area contributed by atoms with E-state index in [1.807, 2.05) is 0 Å². The van der Waals surface area contributed by atoms with Gasteiger partial charge in [0.1, 0.15) is 0 Å². The summed E-state index contributed by atoms with van der Waals surface area (Å²) < 4.78 is 0. The van der Waals surface area contributed by atoms with Crippen molar-refractivity contribution in [2.45, 2.75) is 33.7 Å². The molecule has 0 saturated heterocycles. The Morgan fingerprint density at radius 1 is 1.20 bits per heavy atom. The van der Waals surface area contributed by atoms with E-state index >= 15 is 0 Å². The molecule has 1 fully saturated rings. The van der Waals surface area contributed by atoms with Crippen LogP contribution in [0.4, 0.5) is 0 Å². The maximum atomic E-state index is 11.8. The lowest BCUT2D eigenvalue weighted by molar-refractivity contribution is -0.124. The molecule has 0 spiro atoms. The molecule has 1 saturated carbocycles. The topological polar surface area (TPSA) is 69.6 Å². The summed E-state index contributed by atoms with van der Waals surface area (Å²) in [5.74, 6) is -0.108. The molecule has 1 aliphatic rings. The fourth-order valence-electron chi connectivity index (χ4n) is 2.29. The summed E-state index contributed by atoms with van der Waals surface area (Å²) in [7, 11) is 0. The summed E-state index contributed by atoms with van der Waals surface area (Å²) in [6, 6.07) is -0.537. The molecule has 0 aliphatic heterocycles. The molecule has 1 aliphatic carbocycles. The number of hydrogen-bond donors (Lipinski definition) is 3. The molecule has 0 aromatic rings. The second kappa shape index (κ2) is 3.76. The van der Waals surface area contributed by atoms with Crippen molar-refractivity contribution in [2.24, 2.45) is 16.7 Å². The zero-order chi connectivity index (χ0) is 11.9. The Hall–Kier alpha value is -0.610. The van der Waals surface area contributed by atoms with Gasteiger partial charge in [0.05, 0.1) is 19.3 Å². The third kappa shape index (κ3) is 1.88. The first-order chi connectivity index (χ1) is 6.79. The number of hydrogen-bond acceptors (Lipinski definition) is 3. The van der Waals surface area contributed by atoms with Crippen molar-refractivity contribution in [3.63, 3.8) is 0 Å². The van der Waals surface area contributed by atoms with Crippen molar-refractivity contribution in [1.82, 2.24) is 5.32 Å². The third-order valence-electron chi connectivity index (χ3n) is 4.07. The first kappa shape index (κ1) is 12.5. The monoisotopic (exact) mass is 215 g/mol. The van der Waals surface area contributed by atoms with Crippen LogP contribution in [-0.2, 0) is 4.79 Å². The Morgan fingerprint density at radius 2 is 1.60 bits per heavy atom. The molecule has 4 nitrogen and oxygen atoms in total. The van der Waals surface area contributed by atoms with Crippen molar-refractivity contribution >= 4 is 5.91 Å². The lowest BCUT2D eigenvalue weighted by Gasteiger charge is -2.14. The minimum atomic E-state index is -0.537. The molecule has 0 unspecified atom stereocenters. The average molecular weight is 215 g/mol. The molecule has 0 heterocycles. The molecule has 0 atom stereocenters. The Labute approximate surface area is 90.7 Å². The van der Waals surface area contributed by atoms with Crippen molar-refractivity contribution in [3.05, 3.63) is 0 Å². The van der Waals surface area contributed by atoms with Crippen LogP contribution in [0.1, 0.15) is 27.7 Å². The molecule has 0 aromatic heterocycles. The van der Waals surface area contributed by atoms with E-state index in [9.17, 15) is 4.79 Å². The van der Waals surface area contributed by atoms with Gasteiger partial charge in [0.2, 0.25) is 5.91 Å². The molecule has 1 rings (SSSR count). The third-order valence-corrected chi connectivity index (χ3v) is 4.07. The fourth-order valence-corrected chi connectivity index (χ4v) is 2.29. The van der Waals surface area contributed by atoms with Crippen LogP contribution in [0.15, 0.2) is 0 Å². The number of aliphatic hydroxyl groups is 2. The molecule has 15 heavy (non-hydrogen) atoms. The first-order valence-electron chi connectivity index (χ1n) is 5.31. The number of nitrogens with one attached hydrogen (secondary N) is 1. The van der Waals surface area contributed by atoms with E-state index in [0.29, 0.717) is 0 Å². The van der Waals surface area contributed by atoms with Gasteiger partial charge in [-0.25, -0.2) is 0 Å². The van der Waals surface area contributed by atoms with E-state index in [2.05, 4.69) is 33.0 Å². The molecule has 0 radical (unpaired) electrons. The maximum Gasteiger partial charge on any atom is 0.224 e. The Bertz CT molecular complexity index is 243. The molecule has 0 bridgehead atoms. The first-order valence-corrected chi connectivity index (χ1v) is 5.31. The van der Waals surface area contributed by atoms with E-state index in [1.54, 1.807) is 0 Å². The Morgan fingerprint density at radius 3 is 1.87 bits per heavy atom. The lowest BCUT2D eigenvalue weighted by atomic mass is 10.0. The molecule has 4 heteroatoms. The summed E-state index contributed by atoms with van der Waals surface area (Å²) in [5.41, 5.74) is -0.0148. The van der Waals surface area contributed by atoms with Gasteiger partial charge < -0.3 is 15.5 Å². The minimum absolute atomic E-state index is 0.00740.